The van der Waals surface area contributed by atoms with Gasteiger partial charge in [0, 0.05) is 25.0 Å². The summed E-state index contributed by atoms with van der Waals surface area (Å²) in [5, 5.41) is 3.37. The van der Waals surface area contributed by atoms with E-state index >= 15 is 0 Å². The Morgan fingerprint density at radius 1 is 1.16 bits per heavy atom. The zero-order chi connectivity index (χ0) is 13.5. The summed E-state index contributed by atoms with van der Waals surface area (Å²) >= 11 is 0. The van der Waals surface area contributed by atoms with Crippen LogP contribution in [0, 0.1) is 5.82 Å². The molecule has 0 aliphatic carbocycles. The molecule has 2 rings (SSSR count). The molecule has 2 nitrogen and oxygen atoms in total. The summed E-state index contributed by atoms with van der Waals surface area (Å²) < 4.78 is 15.7. The molecule has 1 heterocycles. The van der Waals surface area contributed by atoms with E-state index < -0.39 is 0 Å². The number of aromatic nitrogens is 1. The first-order chi connectivity index (χ1) is 9.31. The highest BCUT2D eigenvalue weighted by Gasteiger charge is 2.01. The van der Waals surface area contributed by atoms with Crippen LogP contribution in [0.3, 0.4) is 0 Å². The fourth-order valence-corrected chi connectivity index (χ4v) is 2.21. The molecule has 0 unspecified atom stereocenters. The van der Waals surface area contributed by atoms with Crippen molar-refractivity contribution in [3.8, 4) is 0 Å². The Morgan fingerprint density at radius 2 is 2.00 bits per heavy atom. The molecule has 1 aromatic heterocycles. The number of halogens is 1. The van der Waals surface area contributed by atoms with Gasteiger partial charge < -0.3 is 9.88 Å². The minimum atomic E-state index is -0.112. The maximum absolute atomic E-state index is 13.4. The predicted octanol–water partition coefficient (Wildman–Crippen LogP) is 3.37. The van der Waals surface area contributed by atoms with E-state index in [1.54, 1.807) is 6.07 Å². The molecule has 0 radical (unpaired) electrons. The van der Waals surface area contributed by atoms with Crippen LogP contribution in [0.4, 0.5) is 4.39 Å². The number of rotatable bonds is 7. The standard InChI is InChI=1S/C16H21FN2/c1-2-11-19-12-5-7-15(19)13-18-10-9-14-6-3-4-8-16(14)17/h3-8,12,18H,2,9-11,13H2,1H3. The fraction of sp³-hybridized carbons (Fsp3) is 0.375. The van der Waals surface area contributed by atoms with Crippen LogP contribution < -0.4 is 5.32 Å². The molecule has 0 spiro atoms. The summed E-state index contributed by atoms with van der Waals surface area (Å²) in [6.45, 7) is 4.85. The van der Waals surface area contributed by atoms with Crippen LogP contribution in [0.5, 0.6) is 0 Å². The van der Waals surface area contributed by atoms with Crippen LogP contribution in [0.25, 0.3) is 0 Å². The van der Waals surface area contributed by atoms with Crippen LogP contribution in [0.2, 0.25) is 0 Å². The van der Waals surface area contributed by atoms with Gasteiger partial charge in [-0.1, -0.05) is 25.1 Å². The van der Waals surface area contributed by atoms with Gasteiger partial charge in [0.15, 0.2) is 0 Å². The molecule has 0 amide bonds. The second kappa shape index (κ2) is 7.10. The highest BCUT2D eigenvalue weighted by Crippen LogP contribution is 2.07. The van der Waals surface area contributed by atoms with E-state index in [4.69, 9.17) is 0 Å². The van der Waals surface area contributed by atoms with Crippen LogP contribution >= 0.6 is 0 Å². The van der Waals surface area contributed by atoms with Gasteiger partial charge in [-0.05, 0) is 43.1 Å². The van der Waals surface area contributed by atoms with Crippen LogP contribution in [-0.4, -0.2) is 11.1 Å². The Balaban J connectivity index is 1.78. The van der Waals surface area contributed by atoms with Gasteiger partial charge >= 0.3 is 0 Å². The predicted molar refractivity (Wildman–Crippen MR) is 76.5 cm³/mol. The van der Waals surface area contributed by atoms with E-state index in [2.05, 4.69) is 35.1 Å². The Hall–Kier alpha value is -1.61. The minimum absolute atomic E-state index is 0.112. The van der Waals surface area contributed by atoms with Crippen molar-refractivity contribution in [2.75, 3.05) is 6.54 Å². The summed E-state index contributed by atoms with van der Waals surface area (Å²) in [6.07, 6.45) is 3.97. The van der Waals surface area contributed by atoms with Crippen molar-refractivity contribution >= 4 is 0 Å². The summed E-state index contributed by atoms with van der Waals surface area (Å²) in [4.78, 5) is 0. The average Bonchev–Trinajstić information content (AvgIpc) is 2.85. The van der Waals surface area contributed by atoms with Crippen LogP contribution in [-0.2, 0) is 19.5 Å². The third kappa shape index (κ3) is 3.93. The van der Waals surface area contributed by atoms with E-state index in [1.807, 2.05) is 12.1 Å². The van der Waals surface area contributed by atoms with Crippen LogP contribution in [0.1, 0.15) is 24.6 Å². The minimum Gasteiger partial charge on any atom is -0.350 e. The third-order valence-corrected chi connectivity index (χ3v) is 3.22. The Labute approximate surface area is 114 Å². The smallest absolute Gasteiger partial charge is 0.126 e. The SMILES string of the molecule is CCCn1cccc1CNCCc1ccccc1F. The molecule has 0 saturated heterocycles. The Kier molecular flexibility index (Phi) is 5.16. The van der Waals surface area contributed by atoms with Gasteiger partial charge in [0.1, 0.15) is 5.82 Å². The topological polar surface area (TPSA) is 17.0 Å². The van der Waals surface area contributed by atoms with E-state index in [1.165, 1.54) is 11.8 Å². The first kappa shape index (κ1) is 13.8. The number of aryl methyl sites for hydroxylation is 1. The summed E-state index contributed by atoms with van der Waals surface area (Å²) in [5.41, 5.74) is 2.06. The molecule has 0 aliphatic rings. The van der Waals surface area contributed by atoms with E-state index in [9.17, 15) is 4.39 Å². The van der Waals surface area contributed by atoms with Gasteiger partial charge in [0.25, 0.3) is 0 Å². The lowest BCUT2D eigenvalue weighted by atomic mass is 10.1. The molecule has 0 aliphatic heterocycles. The lowest BCUT2D eigenvalue weighted by molar-refractivity contribution is 0.583. The van der Waals surface area contributed by atoms with Gasteiger partial charge in [-0.2, -0.15) is 0 Å². The molecule has 1 aromatic carbocycles. The van der Waals surface area contributed by atoms with Gasteiger partial charge in [0.05, 0.1) is 0 Å². The number of nitrogens with one attached hydrogen (secondary N) is 1. The molecule has 0 bridgehead atoms. The van der Waals surface area contributed by atoms with Crippen molar-refractivity contribution in [3.05, 3.63) is 59.7 Å². The molecule has 2 aromatic rings. The van der Waals surface area contributed by atoms with Crippen molar-refractivity contribution in [3.63, 3.8) is 0 Å². The molecule has 3 heteroatoms. The average molecular weight is 260 g/mol. The Morgan fingerprint density at radius 3 is 2.79 bits per heavy atom. The maximum Gasteiger partial charge on any atom is 0.126 e. The van der Waals surface area contributed by atoms with Gasteiger partial charge in [-0.25, -0.2) is 4.39 Å². The van der Waals surface area contributed by atoms with Gasteiger partial charge in [0.2, 0.25) is 0 Å². The van der Waals surface area contributed by atoms with Crippen molar-refractivity contribution in [2.24, 2.45) is 0 Å². The second-order valence-corrected chi connectivity index (χ2v) is 4.71. The number of hydrogen-bond donors (Lipinski definition) is 1. The monoisotopic (exact) mass is 260 g/mol. The van der Waals surface area contributed by atoms with Crippen molar-refractivity contribution in [2.45, 2.75) is 32.9 Å². The Bertz CT molecular complexity index is 505. The first-order valence-electron chi connectivity index (χ1n) is 6.89. The lowest BCUT2D eigenvalue weighted by Crippen LogP contribution is -2.19. The van der Waals surface area contributed by atoms with Crippen LogP contribution in [0.15, 0.2) is 42.6 Å². The molecule has 0 fully saturated rings. The maximum atomic E-state index is 13.4. The largest absolute Gasteiger partial charge is 0.350 e. The highest BCUT2D eigenvalue weighted by molar-refractivity contribution is 5.17. The van der Waals surface area contributed by atoms with E-state index in [0.29, 0.717) is 0 Å². The molecular formula is C16H21FN2. The van der Waals surface area contributed by atoms with Gasteiger partial charge in [-0.3, -0.25) is 0 Å². The summed E-state index contributed by atoms with van der Waals surface area (Å²) in [6, 6.07) is 11.2. The van der Waals surface area contributed by atoms with Crippen molar-refractivity contribution in [1.82, 2.24) is 9.88 Å². The molecule has 19 heavy (non-hydrogen) atoms. The van der Waals surface area contributed by atoms with E-state index in [-0.39, 0.29) is 5.82 Å². The molecule has 0 atom stereocenters. The third-order valence-electron chi connectivity index (χ3n) is 3.22. The fourth-order valence-electron chi connectivity index (χ4n) is 2.21. The first-order valence-corrected chi connectivity index (χ1v) is 6.89. The van der Waals surface area contributed by atoms with E-state index in [0.717, 1.165) is 38.0 Å². The quantitative estimate of drug-likeness (QED) is 0.755. The number of nitrogens with zero attached hydrogens (tertiary/aromatic N) is 1. The summed E-state index contributed by atoms with van der Waals surface area (Å²) in [7, 11) is 0. The second-order valence-electron chi connectivity index (χ2n) is 4.71. The van der Waals surface area contributed by atoms with Gasteiger partial charge in [-0.15, -0.1) is 0 Å². The van der Waals surface area contributed by atoms with Crippen molar-refractivity contribution in [1.29, 1.82) is 0 Å². The number of hydrogen-bond acceptors (Lipinski definition) is 1. The zero-order valence-electron chi connectivity index (χ0n) is 11.4. The molecule has 1 N–H and O–H groups in total. The normalized spacial score (nSPS) is 10.8. The number of benzene rings is 1. The zero-order valence-corrected chi connectivity index (χ0v) is 11.4. The molecular weight excluding hydrogens is 239 g/mol. The van der Waals surface area contributed by atoms with Crippen molar-refractivity contribution < 1.29 is 4.39 Å². The molecule has 102 valence electrons. The summed E-state index contributed by atoms with van der Waals surface area (Å²) in [5.74, 6) is -0.112. The lowest BCUT2D eigenvalue weighted by Gasteiger charge is -2.09. The highest BCUT2D eigenvalue weighted by atomic mass is 19.1. The molecule has 0 saturated carbocycles.